The molecular formula is C17H15ClN2O. The van der Waals surface area contributed by atoms with Crippen LogP contribution in [-0.4, -0.2) is 17.1 Å². The summed E-state index contributed by atoms with van der Waals surface area (Å²) < 4.78 is 5.16. The zero-order valence-corrected chi connectivity index (χ0v) is 12.5. The minimum atomic E-state index is 0.745. The third-order valence-electron chi connectivity index (χ3n) is 3.48. The molecule has 4 heteroatoms. The minimum absolute atomic E-state index is 0.745. The largest absolute Gasteiger partial charge is 0.497 e. The average molecular weight is 299 g/mol. The van der Waals surface area contributed by atoms with Gasteiger partial charge in [0.1, 0.15) is 5.75 Å². The van der Waals surface area contributed by atoms with E-state index in [1.165, 1.54) is 5.56 Å². The van der Waals surface area contributed by atoms with Crippen molar-refractivity contribution in [1.29, 1.82) is 0 Å². The van der Waals surface area contributed by atoms with Crippen molar-refractivity contribution < 1.29 is 4.74 Å². The first-order valence-corrected chi connectivity index (χ1v) is 7.16. The lowest BCUT2D eigenvalue weighted by Crippen LogP contribution is -1.94. The van der Waals surface area contributed by atoms with E-state index in [4.69, 9.17) is 16.3 Å². The highest BCUT2D eigenvalue weighted by molar-refractivity contribution is 6.31. The van der Waals surface area contributed by atoms with Crippen LogP contribution in [0.5, 0.6) is 5.75 Å². The third-order valence-corrected chi connectivity index (χ3v) is 3.83. The molecule has 0 aliphatic rings. The molecule has 0 saturated heterocycles. The fourth-order valence-electron chi connectivity index (χ4n) is 2.30. The van der Waals surface area contributed by atoms with Gasteiger partial charge >= 0.3 is 0 Å². The van der Waals surface area contributed by atoms with E-state index >= 15 is 0 Å². The first kappa shape index (κ1) is 13.8. The molecule has 3 aromatic rings. The van der Waals surface area contributed by atoms with Crippen molar-refractivity contribution in [3.05, 3.63) is 64.9 Å². The van der Waals surface area contributed by atoms with Crippen LogP contribution in [0, 0.1) is 0 Å². The van der Waals surface area contributed by atoms with Crippen LogP contribution in [0.15, 0.2) is 48.8 Å². The van der Waals surface area contributed by atoms with E-state index in [9.17, 15) is 0 Å². The van der Waals surface area contributed by atoms with Gasteiger partial charge in [-0.05, 0) is 48.2 Å². The molecule has 0 aliphatic carbocycles. The Morgan fingerprint density at radius 2 is 1.76 bits per heavy atom. The van der Waals surface area contributed by atoms with Gasteiger partial charge in [0.2, 0.25) is 0 Å². The van der Waals surface area contributed by atoms with Gasteiger partial charge in [-0.25, -0.2) is 0 Å². The minimum Gasteiger partial charge on any atom is -0.497 e. The van der Waals surface area contributed by atoms with E-state index in [-0.39, 0.29) is 0 Å². The summed E-state index contributed by atoms with van der Waals surface area (Å²) in [5.41, 5.74) is 4.20. The smallest absolute Gasteiger partial charge is 0.120 e. The molecular weight excluding hydrogens is 284 g/mol. The summed E-state index contributed by atoms with van der Waals surface area (Å²) >= 11 is 6.27. The molecule has 0 unspecified atom stereocenters. The predicted molar refractivity (Wildman–Crippen MR) is 85.0 cm³/mol. The fraction of sp³-hybridized carbons (Fsp3) is 0.176. The van der Waals surface area contributed by atoms with E-state index in [2.05, 4.69) is 22.1 Å². The molecule has 3 rings (SSSR count). The van der Waals surface area contributed by atoms with Crippen LogP contribution in [-0.2, 0) is 12.8 Å². The van der Waals surface area contributed by atoms with Crippen molar-refractivity contribution in [3.8, 4) is 5.75 Å². The Morgan fingerprint density at radius 1 is 0.952 bits per heavy atom. The highest BCUT2D eigenvalue weighted by Gasteiger charge is 2.04. The molecule has 0 atom stereocenters. The first-order valence-electron chi connectivity index (χ1n) is 6.78. The van der Waals surface area contributed by atoms with Crippen molar-refractivity contribution in [2.45, 2.75) is 12.8 Å². The number of rotatable bonds is 4. The standard InChI is InChI=1S/C17H15ClN2O/c1-21-14-6-5-13(15(18)11-14)4-2-12-3-7-16-17(10-12)20-9-8-19-16/h3,5-11H,2,4H2,1H3. The van der Waals surface area contributed by atoms with Crippen LogP contribution >= 0.6 is 11.6 Å². The zero-order chi connectivity index (χ0) is 14.7. The van der Waals surface area contributed by atoms with Crippen molar-refractivity contribution in [1.82, 2.24) is 9.97 Å². The van der Waals surface area contributed by atoms with Crippen molar-refractivity contribution in [2.24, 2.45) is 0 Å². The highest BCUT2D eigenvalue weighted by Crippen LogP contribution is 2.24. The monoisotopic (exact) mass is 298 g/mol. The Morgan fingerprint density at radius 3 is 2.52 bits per heavy atom. The topological polar surface area (TPSA) is 35.0 Å². The molecule has 0 spiro atoms. The second-order valence-corrected chi connectivity index (χ2v) is 5.24. The lowest BCUT2D eigenvalue weighted by atomic mass is 10.0. The Hall–Kier alpha value is -2.13. The number of hydrogen-bond donors (Lipinski definition) is 0. The van der Waals surface area contributed by atoms with Crippen LogP contribution in [0.2, 0.25) is 5.02 Å². The van der Waals surface area contributed by atoms with Gasteiger partial charge in [0.25, 0.3) is 0 Å². The lowest BCUT2D eigenvalue weighted by Gasteiger charge is -2.07. The Labute approximate surface area is 128 Å². The number of hydrogen-bond acceptors (Lipinski definition) is 3. The zero-order valence-electron chi connectivity index (χ0n) is 11.7. The normalized spacial score (nSPS) is 10.8. The average Bonchev–Trinajstić information content (AvgIpc) is 2.53. The molecule has 1 heterocycles. The molecule has 0 saturated carbocycles. The highest BCUT2D eigenvalue weighted by atomic mass is 35.5. The molecule has 0 radical (unpaired) electrons. The quantitative estimate of drug-likeness (QED) is 0.728. The maximum atomic E-state index is 6.27. The first-order chi connectivity index (χ1) is 10.3. The number of halogens is 1. The number of benzene rings is 2. The van der Waals surface area contributed by atoms with Crippen LogP contribution < -0.4 is 4.74 Å². The second kappa shape index (κ2) is 6.10. The number of aromatic nitrogens is 2. The molecule has 106 valence electrons. The summed E-state index contributed by atoms with van der Waals surface area (Å²) in [5.74, 6) is 0.782. The summed E-state index contributed by atoms with van der Waals surface area (Å²) in [6, 6.07) is 12.0. The van der Waals surface area contributed by atoms with E-state index in [0.29, 0.717) is 0 Å². The molecule has 0 bridgehead atoms. The van der Waals surface area contributed by atoms with Gasteiger partial charge in [0.15, 0.2) is 0 Å². The summed E-state index contributed by atoms with van der Waals surface area (Å²) in [6.45, 7) is 0. The number of ether oxygens (including phenoxy) is 1. The predicted octanol–water partition coefficient (Wildman–Crippen LogP) is 4.08. The summed E-state index contributed by atoms with van der Waals surface area (Å²) in [7, 11) is 1.64. The third kappa shape index (κ3) is 3.14. The van der Waals surface area contributed by atoms with Crippen molar-refractivity contribution in [3.63, 3.8) is 0 Å². The second-order valence-electron chi connectivity index (χ2n) is 4.84. The number of aryl methyl sites for hydroxylation is 2. The van der Waals surface area contributed by atoms with E-state index in [1.54, 1.807) is 19.5 Å². The van der Waals surface area contributed by atoms with Gasteiger partial charge < -0.3 is 4.74 Å². The van der Waals surface area contributed by atoms with Gasteiger partial charge in [0.05, 0.1) is 18.1 Å². The maximum absolute atomic E-state index is 6.27. The molecule has 0 amide bonds. The van der Waals surface area contributed by atoms with Gasteiger partial charge in [-0.1, -0.05) is 23.7 Å². The lowest BCUT2D eigenvalue weighted by molar-refractivity contribution is 0.414. The molecule has 0 N–H and O–H groups in total. The Balaban J connectivity index is 1.77. The number of methoxy groups -OCH3 is 1. The van der Waals surface area contributed by atoms with Crippen LogP contribution in [0.4, 0.5) is 0 Å². The Bertz CT molecular complexity index is 774. The fourth-order valence-corrected chi connectivity index (χ4v) is 2.57. The van der Waals surface area contributed by atoms with E-state index in [1.807, 2.05) is 24.3 Å². The van der Waals surface area contributed by atoms with Gasteiger partial charge in [-0.15, -0.1) is 0 Å². The van der Waals surface area contributed by atoms with Crippen LogP contribution in [0.1, 0.15) is 11.1 Å². The van der Waals surface area contributed by atoms with E-state index in [0.717, 1.165) is 40.2 Å². The van der Waals surface area contributed by atoms with Crippen LogP contribution in [0.25, 0.3) is 11.0 Å². The molecule has 0 aliphatic heterocycles. The van der Waals surface area contributed by atoms with Crippen molar-refractivity contribution in [2.75, 3.05) is 7.11 Å². The SMILES string of the molecule is COc1ccc(CCc2ccc3nccnc3c2)c(Cl)c1. The summed E-state index contributed by atoms with van der Waals surface area (Å²) in [4.78, 5) is 8.61. The van der Waals surface area contributed by atoms with Gasteiger partial charge in [-0.2, -0.15) is 0 Å². The molecule has 1 aromatic heterocycles. The number of fused-ring (bicyclic) bond motifs is 1. The molecule has 3 nitrogen and oxygen atoms in total. The van der Waals surface area contributed by atoms with Gasteiger partial charge in [0, 0.05) is 17.4 Å². The van der Waals surface area contributed by atoms with E-state index < -0.39 is 0 Å². The van der Waals surface area contributed by atoms with Gasteiger partial charge in [-0.3, -0.25) is 9.97 Å². The molecule has 2 aromatic carbocycles. The maximum Gasteiger partial charge on any atom is 0.120 e. The summed E-state index contributed by atoms with van der Waals surface area (Å²) in [6.07, 6.45) is 5.22. The molecule has 21 heavy (non-hydrogen) atoms. The number of nitrogens with zero attached hydrogens (tertiary/aromatic N) is 2. The summed E-state index contributed by atoms with van der Waals surface area (Å²) in [5, 5.41) is 0.745. The van der Waals surface area contributed by atoms with Crippen LogP contribution in [0.3, 0.4) is 0 Å². The molecule has 0 fully saturated rings. The Kier molecular flexibility index (Phi) is 4.02. The van der Waals surface area contributed by atoms with Crippen molar-refractivity contribution >= 4 is 22.6 Å².